The molecular weight excluding hydrogens is 300 g/mol. The van der Waals surface area contributed by atoms with Crippen LogP contribution in [0.4, 0.5) is 0 Å². The first-order valence-electron chi connectivity index (χ1n) is 5.09. The second-order valence-corrected chi connectivity index (χ2v) is 4.23. The van der Waals surface area contributed by atoms with Crippen LogP contribution < -0.4 is 68.9 Å². The molecule has 10 heteroatoms. The fourth-order valence-corrected chi connectivity index (χ4v) is 1.12. The summed E-state index contributed by atoms with van der Waals surface area (Å²) in [5.74, 6) is 0. The quantitative estimate of drug-likeness (QED) is 0.255. The molecule has 0 aromatic rings. The maximum atomic E-state index is 9.69. The van der Waals surface area contributed by atoms with Gasteiger partial charge in [-0.25, -0.2) is 0 Å². The summed E-state index contributed by atoms with van der Waals surface area (Å²) in [5.41, 5.74) is 0. The zero-order valence-corrected chi connectivity index (χ0v) is 17.4. The van der Waals surface area contributed by atoms with Gasteiger partial charge in [-0.2, -0.15) is 0 Å². The molecule has 0 saturated carbocycles. The molecule has 0 aromatic carbocycles. The Balaban J connectivity index is -0.0000000980. The van der Waals surface area contributed by atoms with Gasteiger partial charge in [0, 0.05) is 0 Å². The van der Waals surface area contributed by atoms with E-state index in [-0.39, 0.29) is 59.1 Å². The van der Waals surface area contributed by atoms with Crippen LogP contribution in [0.3, 0.4) is 0 Å². The predicted molar refractivity (Wildman–Crippen MR) is 56.9 cm³/mol. The van der Waals surface area contributed by atoms with E-state index >= 15 is 0 Å². The minimum absolute atomic E-state index is 0. The molecule has 0 aromatic heterocycles. The molecule has 18 heavy (non-hydrogen) atoms. The average Bonchev–Trinajstić information content (AvgIpc) is 2.18. The predicted octanol–water partition coefficient (Wildman–Crippen LogP) is -4.35. The summed E-state index contributed by atoms with van der Waals surface area (Å²) in [6.45, 7) is 4.60. The SMILES string of the molecule is CCCCO[P+](=O)[O-].CCCCO[P+](=O)[O-].[Na+].[Na+]. The van der Waals surface area contributed by atoms with Crippen molar-refractivity contribution in [2.24, 2.45) is 0 Å². The van der Waals surface area contributed by atoms with E-state index < -0.39 is 16.5 Å². The van der Waals surface area contributed by atoms with Crippen LogP contribution in [-0.2, 0) is 18.2 Å². The van der Waals surface area contributed by atoms with E-state index in [0.29, 0.717) is 13.2 Å². The van der Waals surface area contributed by atoms with E-state index in [1.54, 1.807) is 0 Å². The molecular formula is C8H18Na2O6P2+2. The van der Waals surface area contributed by atoms with Crippen LogP contribution >= 0.6 is 16.5 Å². The standard InChI is InChI=1S/2C4H9O3P.2Na/c2*1-2-3-4-7-8(5)6;;/h2*2-4H2,1H3;;/q;;2*+1. The van der Waals surface area contributed by atoms with Gasteiger partial charge in [0.05, 0.1) is 0 Å². The molecule has 2 atom stereocenters. The van der Waals surface area contributed by atoms with E-state index in [4.69, 9.17) is 0 Å². The Bertz CT molecular complexity index is 176. The van der Waals surface area contributed by atoms with E-state index in [1.807, 2.05) is 13.8 Å². The first kappa shape index (κ1) is 28.2. The molecule has 0 amide bonds. The molecule has 0 radical (unpaired) electrons. The molecule has 6 nitrogen and oxygen atoms in total. The number of rotatable bonds is 8. The van der Waals surface area contributed by atoms with Crippen molar-refractivity contribution in [1.82, 2.24) is 0 Å². The Labute approximate surface area is 155 Å². The Morgan fingerprint density at radius 2 is 1.11 bits per heavy atom. The van der Waals surface area contributed by atoms with Crippen molar-refractivity contribution in [2.75, 3.05) is 13.2 Å². The Morgan fingerprint density at radius 1 is 0.833 bits per heavy atom. The van der Waals surface area contributed by atoms with Gasteiger partial charge in [-0.15, -0.1) is 9.05 Å². The fourth-order valence-electron chi connectivity index (χ4n) is 0.567. The third kappa shape index (κ3) is 36.1. The summed E-state index contributed by atoms with van der Waals surface area (Å²) < 4.78 is 27.8. The van der Waals surface area contributed by atoms with Gasteiger partial charge >= 0.3 is 75.6 Å². The topological polar surface area (TPSA) is 98.7 Å². The van der Waals surface area contributed by atoms with Crippen molar-refractivity contribution < 1.29 is 87.1 Å². The summed E-state index contributed by atoms with van der Waals surface area (Å²) in [7, 11) is -5.22. The fraction of sp³-hybridized carbons (Fsp3) is 1.00. The molecule has 0 N–H and O–H groups in total. The summed E-state index contributed by atoms with van der Waals surface area (Å²) in [6, 6.07) is 0. The van der Waals surface area contributed by atoms with Crippen LogP contribution in [0.25, 0.3) is 0 Å². The van der Waals surface area contributed by atoms with E-state index in [1.165, 1.54) is 0 Å². The van der Waals surface area contributed by atoms with Crippen LogP contribution in [-0.4, -0.2) is 13.2 Å². The van der Waals surface area contributed by atoms with Gasteiger partial charge in [0.1, 0.15) is 13.2 Å². The van der Waals surface area contributed by atoms with Gasteiger partial charge < -0.3 is 9.79 Å². The molecule has 0 aliphatic rings. The van der Waals surface area contributed by atoms with Crippen molar-refractivity contribution in [3.63, 3.8) is 0 Å². The number of unbranched alkanes of at least 4 members (excludes halogenated alkanes) is 2. The van der Waals surface area contributed by atoms with Crippen LogP contribution in [0.5, 0.6) is 0 Å². The van der Waals surface area contributed by atoms with Crippen molar-refractivity contribution in [2.45, 2.75) is 39.5 Å². The Hall–Kier alpha value is 2.04. The summed E-state index contributed by atoms with van der Waals surface area (Å²) >= 11 is 0. The molecule has 0 heterocycles. The molecule has 0 saturated heterocycles. The average molecular weight is 318 g/mol. The summed E-state index contributed by atoms with van der Waals surface area (Å²) in [5, 5.41) is 0. The van der Waals surface area contributed by atoms with Gasteiger partial charge in [0.2, 0.25) is 0 Å². The molecule has 0 spiro atoms. The third-order valence-corrected chi connectivity index (χ3v) is 2.18. The number of hydrogen-bond donors (Lipinski definition) is 0. The largest absolute Gasteiger partial charge is 1.00 e. The van der Waals surface area contributed by atoms with Crippen molar-refractivity contribution in [1.29, 1.82) is 0 Å². The van der Waals surface area contributed by atoms with E-state index in [0.717, 1.165) is 25.7 Å². The van der Waals surface area contributed by atoms with Gasteiger partial charge in [0.25, 0.3) is 0 Å². The minimum Gasteiger partial charge on any atom is -0.566 e. The van der Waals surface area contributed by atoms with Crippen LogP contribution in [0.15, 0.2) is 0 Å². The van der Waals surface area contributed by atoms with Gasteiger partial charge in [-0.05, 0) is 22.0 Å². The first-order valence-corrected chi connectivity index (χ1v) is 7.28. The molecule has 0 aliphatic carbocycles. The van der Waals surface area contributed by atoms with E-state index in [2.05, 4.69) is 9.05 Å². The van der Waals surface area contributed by atoms with Crippen molar-refractivity contribution >= 4 is 16.5 Å². The third-order valence-electron chi connectivity index (χ3n) is 1.39. The molecule has 2 unspecified atom stereocenters. The van der Waals surface area contributed by atoms with Gasteiger partial charge in [0.15, 0.2) is 0 Å². The van der Waals surface area contributed by atoms with Crippen molar-refractivity contribution in [3.05, 3.63) is 0 Å². The Morgan fingerprint density at radius 3 is 1.28 bits per heavy atom. The van der Waals surface area contributed by atoms with Crippen molar-refractivity contribution in [3.8, 4) is 0 Å². The Kier molecular flexibility index (Phi) is 37.8. The number of hydrogen-bond acceptors (Lipinski definition) is 6. The maximum absolute atomic E-state index is 9.69. The smallest absolute Gasteiger partial charge is 0.566 e. The zero-order valence-electron chi connectivity index (χ0n) is 11.6. The minimum atomic E-state index is -2.61. The van der Waals surface area contributed by atoms with Crippen LogP contribution in [0.2, 0.25) is 0 Å². The second-order valence-electron chi connectivity index (χ2n) is 2.82. The van der Waals surface area contributed by atoms with Crippen LogP contribution in [0.1, 0.15) is 39.5 Å². The monoisotopic (exact) mass is 318 g/mol. The zero-order chi connectivity index (χ0) is 12.8. The van der Waals surface area contributed by atoms with E-state index in [9.17, 15) is 18.9 Å². The summed E-state index contributed by atoms with van der Waals surface area (Å²) in [4.78, 5) is 19.4. The summed E-state index contributed by atoms with van der Waals surface area (Å²) in [6.07, 6.45) is 3.54. The molecule has 0 rings (SSSR count). The maximum Gasteiger partial charge on any atom is 1.00 e. The molecule has 0 bridgehead atoms. The van der Waals surface area contributed by atoms with Crippen LogP contribution in [0, 0.1) is 0 Å². The normalized spacial score (nSPS) is 10.2. The molecule has 96 valence electrons. The first-order chi connectivity index (χ1) is 7.54. The molecule has 0 aliphatic heterocycles. The van der Waals surface area contributed by atoms with Gasteiger partial charge in [-0.1, -0.05) is 26.7 Å². The second kappa shape index (κ2) is 24.1. The molecule has 0 fully saturated rings. The van der Waals surface area contributed by atoms with Gasteiger partial charge in [-0.3, -0.25) is 0 Å².